The van der Waals surface area contributed by atoms with Gasteiger partial charge in [0.25, 0.3) is 5.91 Å². The summed E-state index contributed by atoms with van der Waals surface area (Å²) in [6, 6.07) is 12.5. The van der Waals surface area contributed by atoms with Crippen LogP contribution in [0.4, 0.5) is 5.13 Å². The smallest absolute Gasteiger partial charge is 0.338 e. The molecular weight excluding hydrogens is 462 g/mol. The van der Waals surface area contributed by atoms with E-state index < -0.39 is 5.97 Å². The van der Waals surface area contributed by atoms with Gasteiger partial charge >= 0.3 is 5.97 Å². The topological polar surface area (TPSA) is 72.0 Å². The first kappa shape index (κ1) is 26.6. The van der Waals surface area contributed by atoms with Crippen molar-refractivity contribution < 1.29 is 19.1 Å². The molecule has 1 heterocycles. The number of nitrogens with zero attached hydrogens (tertiary/aromatic N) is 3. The highest BCUT2D eigenvalue weighted by Gasteiger charge is 2.26. The Hall–Kier alpha value is -2.68. The zero-order chi connectivity index (χ0) is 23.1. The van der Waals surface area contributed by atoms with Gasteiger partial charge in [0.05, 0.1) is 29.5 Å². The molecule has 0 unspecified atom stereocenters. The number of fused-ring (bicyclic) bond motifs is 1. The van der Waals surface area contributed by atoms with E-state index in [1.807, 2.05) is 25.1 Å². The van der Waals surface area contributed by atoms with Crippen LogP contribution in [0.25, 0.3) is 10.2 Å². The number of hydrogen-bond donors (Lipinski definition) is 0. The van der Waals surface area contributed by atoms with Gasteiger partial charge in [-0.2, -0.15) is 0 Å². The van der Waals surface area contributed by atoms with Crippen molar-refractivity contribution in [3.05, 3.63) is 53.6 Å². The summed E-state index contributed by atoms with van der Waals surface area (Å²) in [4.78, 5) is 34.6. The maximum atomic E-state index is 13.7. The van der Waals surface area contributed by atoms with Crippen molar-refractivity contribution in [1.29, 1.82) is 0 Å². The summed E-state index contributed by atoms with van der Waals surface area (Å²) >= 11 is 1.43. The molecule has 0 saturated heterocycles. The van der Waals surface area contributed by atoms with Crippen LogP contribution >= 0.6 is 23.7 Å². The predicted octanol–water partition coefficient (Wildman–Crippen LogP) is 4.89. The highest BCUT2D eigenvalue weighted by Crippen LogP contribution is 2.35. The summed E-state index contributed by atoms with van der Waals surface area (Å²) in [6.45, 7) is 9.53. The molecule has 2 aromatic carbocycles. The SMILES string of the molecule is CCOc1cccc2sc(N(CCN(CC)CC)C(=O)c3ccccc3C(=O)OC)nc12.Cl. The molecule has 0 atom stereocenters. The number of halogens is 1. The maximum Gasteiger partial charge on any atom is 0.338 e. The molecule has 0 bridgehead atoms. The number of benzene rings is 2. The van der Waals surface area contributed by atoms with Crippen molar-refractivity contribution in [3.8, 4) is 5.75 Å². The van der Waals surface area contributed by atoms with Crippen LogP contribution in [0, 0.1) is 0 Å². The average Bonchev–Trinajstić information content (AvgIpc) is 3.26. The first-order chi connectivity index (χ1) is 15.5. The monoisotopic (exact) mass is 491 g/mol. The van der Waals surface area contributed by atoms with E-state index in [9.17, 15) is 9.59 Å². The number of likely N-dealkylation sites (N-methyl/N-ethyl adjacent to an activating group) is 1. The standard InChI is InChI=1S/C24H29N3O4S.ClH/c1-5-26(6-2)15-16-27(22(28)17-11-8-9-12-18(17)23(29)30-4)24-25-21-19(31-7-3)13-10-14-20(21)32-24;/h8-14H,5-7,15-16H2,1-4H3;1H. The summed E-state index contributed by atoms with van der Waals surface area (Å²) in [5.41, 5.74) is 1.27. The first-order valence-corrected chi connectivity index (χ1v) is 11.6. The number of ether oxygens (including phenoxy) is 2. The van der Waals surface area contributed by atoms with E-state index >= 15 is 0 Å². The second-order valence-corrected chi connectivity index (χ2v) is 8.06. The molecule has 3 aromatic rings. The van der Waals surface area contributed by atoms with Gasteiger partial charge in [-0.3, -0.25) is 9.69 Å². The van der Waals surface area contributed by atoms with E-state index in [1.165, 1.54) is 18.4 Å². The number of amides is 1. The summed E-state index contributed by atoms with van der Waals surface area (Å²) < 4.78 is 11.6. The minimum atomic E-state index is -0.541. The number of esters is 1. The Labute approximate surface area is 204 Å². The van der Waals surface area contributed by atoms with Gasteiger partial charge in [-0.1, -0.05) is 43.4 Å². The molecule has 33 heavy (non-hydrogen) atoms. The molecule has 9 heteroatoms. The van der Waals surface area contributed by atoms with Gasteiger partial charge in [0.15, 0.2) is 5.13 Å². The Kier molecular flexibility index (Phi) is 10.1. The zero-order valence-electron chi connectivity index (χ0n) is 19.4. The van der Waals surface area contributed by atoms with Crippen molar-refractivity contribution in [2.24, 2.45) is 0 Å². The van der Waals surface area contributed by atoms with E-state index in [4.69, 9.17) is 14.5 Å². The molecule has 3 rings (SSSR count). The maximum absolute atomic E-state index is 13.7. The molecule has 0 fully saturated rings. The van der Waals surface area contributed by atoms with Crippen LogP contribution in [0.1, 0.15) is 41.5 Å². The van der Waals surface area contributed by atoms with Crippen molar-refractivity contribution in [3.63, 3.8) is 0 Å². The molecule has 1 aromatic heterocycles. The highest BCUT2D eigenvalue weighted by molar-refractivity contribution is 7.22. The molecule has 0 aliphatic heterocycles. The number of anilines is 1. The van der Waals surface area contributed by atoms with Crippen LogP contribution in [-0.2, 0) is 4.74 Å². The van der Waals surface area contributed by atoms with Crippen molar-refractivity contribution in [2.75, 3.05) is 44.8 Å². The molecule has 178 valence electrons. The summed E-state index contributed by atoms with van der Waals surface area (Å²) in [5.74, 6) is -0.130. The van der Waals surface area contributed by atoms with Gasteiger partial charge in [-0.25, -0.2) is 9.78 Å². The molecule has 0 spiro atoms. The Morgan fingerprint density at radius 1 is 0.970 bits per heavy atom. The lowest BCUT2D eigenvalue weighted by Crippen LogP contribution is -2.39. The third-order valence-electron chi connectivity index (χ3n) is 5.24. The third-order valence-corrected chi connectivity index (χ3v) is 6.29. The Morgan fingerprint density at radius 2 is 1.67 bits per heavy atom. The number of methoxy groups -OCH3 is 1. The Morgan fingerprint density at radius 3 is 2.30 bits per heavy atom. The highest BCUT2D eigenvalue weighted by atomic mass is 35.5. The Balaban J connectivity index is 0.00000385. The third kappa shape index (κ3) is 6.01. The van der Waals surface area contributed by atoms with Gasteiger partial charge in [0, 0.05) is 13.1 Å². The van der Waals surface area contributed by atoms with Crippen molar-refractivity contribution >= 4 is 51.0 Å². The molecule has 0 radical (unpaired) electrons. The lowest BCUT2D eigenvalue weighted by atomic mass is 10.1. The molecule has 7 nitrogen and oxygen atoms in total. The largest absolute Gasteiger partial charge is 0.492 e. The summed E-state index contributed by atoms with van der Waals surface area (Å²) in [6.07, 6.45) is 0. The van der Waals surface area contributed by atoms with E-state index in [1.54, 1.807) is 29.2 Å². The fourth-order valence-corrected chi connectivity index (χ4v) is 4.47. The number of aromatic nitrogens is 1. The second-order valence-electron chi connectivity index (χ2n) is 7.05. The Bertz CT molecular complexity index is 1080. The van der Waals surface area contributed by atoms with Gasteiger partial charge < -0.3 is 14.4 Å². The van der Waals surface area contributed by atoms with Crippen molar-refractivity contribution in [1.82, 2.24) is 9.88 Å². The minimum absolute atomic E-state index is 0. The van der Waals surface area contributed by atoms with Gasteiger partial charge in [-0.15, -0.1) is 12.4 Å². The van der Waals surface area contributed by atoms with Crippen LogP contribution in [0.15, 0.2) is 42.5 Å². The molecule has 0 aliphatic carbocycles. The predicted molar refractivity (Wildman–Crippen MR) is 135 cm³/mol. The molecular formula is C24H30ClN3O4S. The molecule has 0 N–H and O–H groups in total. The first-order valence-electron chi connectivity index (χ1n) is 10.8. The van der Waals surface area contributed by atoms with E-state index in [0.717, 1.165) is 23.3 Å². The van der Waals surface area contributed by atoms with E-state index in [-0.39, 0.29) is 23.9 Å². The van der Waals surface area contributed by atoms with Gasteiger partial charge in [0.1, 0.15) is 11.3 Å². The lowest BCUT2D eigenvalue weighted by Gasteiger charge is -2.25. The molecule has 1 amide bonds. The second kappa shape index (κ2) is 12.5. The number of hydrogen-bond acceptors (Lipinski definition) is 7. The van der Waals surface area contributed by atoms with E-state index in [2.05, 4.69) is 18.7 Å². The quantitative estimate of drug-likeness (QED) is 0.376. The minimum Gasteiger partial charge on any atom is -0.492 e. The van der Waals surface area contributed by atoms with E-state index in [0.29, 0.717) is 36.1 Å². The van der Waals surface area contributed by atoms with Crippen LogP contribution in [0.3, 0.4) is 0 Å². The number of thiazole rings is 1. The zero-order valence-corrected chi connectivity index (χ0v) is 21.0. The van der Waals surface area contributed by atoms with Gasteiger partial charge in [-0.05, 0) is 44.3 Å². The van der Waals surface area contributed by atoms with Crippen LogP contribution in [0.2, 0.25) is 0 Å². The fourth-order valence-electron chi connectivity index (χ4n) is 3.47. The number of para-hydroxylation sites is 1. The van der Waals surface area contributed by atoms with Gasteiger partial charge in [0.2, 0.25) is 0 Å². The molecule has 0 saturated carbocycles. The normalized spacial score (nSPS) is 10.7. The number of carbonyl (C=O) groups excluding carboxylic acids is 2. The van der Waals surface area contributed by atoms with Crippen LogP contribution in [0.5, 0.6) is 5.75 Å². The lowest BCUT2D eigenvalue weighted by molar-refractivity contribution is 0.0597. The summed E-state index contributed by atoms with van der Waals surface area (Å²) in [7, 11) is 1.31. The van der Waals surface area contributed by atoms with Crippen molar-refractivity contribution in [2.45, 2.75) is 20.8 Å². The van der Waals surface area contributed by atoms with Crippen LogP contribution < -0.4 is 9.64 Å². The summed E-state index contributed by atoms with van der Waals surface area (Å²) in [5, 5.41) is 0.573. The van der Waals surface area contributed by atoms with Crippen LogP contribution in [-0.4, -0.2) is 61.7 Å². The number of rotatable bonds is 10. The fraction of sp³-hybridized carbons (Fsp3) is 0.375. The number of carbonyl (C=O) groups is 2. The molecule has 0 aliphatic rings. The average molecular weight is 492 g/mol.